The Labute approximate surface area is 195 Å². The second-order valence-corrected chi connectivity index (χ2v) is 9.94. The van der Waals surface area contributed by atoms with Gasteiger partial charge in [0.1, 0.15) is 4.90 Å². The van der Waals surface area contributed by atoms with Crippen molar-refractivity contribution in [2.45, 2.75) is 17.4 Å². The van der Waals surface area contributed by atoms with Crippen molar-refractivity contribution in [1.82, 2.24) is 9.71 Å². The zero-order valence-electron chi connectivity index (χ0n) is 16.0. The highest BCUT2D eigenvalue weighted by molar-refractivity contribution is 7.89. The molecule has 0 amide bonds. The third-order valence-electron chi connectivity index (χ3n) is 4.80. The fourth-order valence-corrected chi connectivity index (χ4v) is 4.88. The lowest BCUT2D eigenvalue weighted by atomic mass is 10.0. The fraction of sp³-hybridized carbons (Fsp3) is 0.143. The maximum Gasteiger partial charge on any atom is 0.242 e. The summed E-state index contributed by atoms with van der Waals surface area (Å²) in [6.07, 6.45) is 3.33. The smallest absolute Gasteiger partial charge is 0.242 e. The number of hydrogen-bond acceptors (Lipinski definition) is 5. The number of nitrogens with one attached hydrogen (secondary N) is 1. The molecule has 10 heteroatoms. The second kappa shape index (κ2) is 9.14. The Balaban J connectivity index is 1.62. The molecular weight excluding hydrogens is 479 g/mol. The van der Waals surface area contributed by atoms with E-state index in [0.717, 1.165) is 5.56 Å². The van der Waals surface area contributed by atoms with E-state index in [1.807, 2.05) is 24.3 Å². The summed E-state index contributed by atoms with van der Waals surface area (Å²) in [4.78, 5) is 3.96. The lowest BCUT2D eigenvalue weighted by Gasteiger charge is -2.25. The molecule has 1 atom stereocenters. The van der Waals surface area contributed by atoms with E-state index < -0.39 is 10.0 Å². The van der Waals surface area contributed by atoms with Gasteiger partial charge in [-0.05, 0) is 48.0 Å². The van der Waals surface area contributed by atoms with E-state index in [1.54, 1.807) is 29.3 Å². The summed E-state index contributed by atoms with van der Waals surface area (Å²) < 4.78 is 27.7. The van der Waals surface area contributed by atoms with Crippen molar-refractivity contribution in [2.24, 2.45) is 5.10 Å². The van der Waals surface area contributed by atoms with Crippen LogP contribution in [0, 0.1) is 0 Å². The standard InChI is InChI=1S/C21H17Cl3N4O2S/c22-15-5-3-14(4-6-15)21-11-17(12-26-31(29,30)18-2-1-9-25-13-18)27-28(21)20-8-7-16(23)10-19(20)24/h1-10,13,21,26H,11-12H2/t21-/m1/s1. The van der Waals surface area contributed by atoms with Gasteiger partial charge in [-0.25, -0.2) is 13.1 Å². The maximum atomic E-state index is 12.6. The average molecular weight is 496 g/mol. The van der Waals surface area contributed by atoms with E-state index in [9.17, 15) is 8.42 Å². The third kappa shape index (κ3) is 5.02. The molecule has 0 saturated carbocycles. The molecule has 2 aromatic carbocycles. The summed E-state index contributed by atoms with van der Waals surface area (Å²) in [6, 6.07) is 15.5. The molecule has 0 spiro atoms. The summed E-state index contributed by atoms with van der Waals surface area (Å²) >= 11 is 18.5. The molecule has 0 aliphatic carbocycles. The molecule has 0 fully saturated rings. The minimum absolute atomic E-state index is 0.0586. The number of benzene rings is 2. The summed E-state index contributed by atoms with van der Waals surface area (Å²) in [6.45, 7) is 0.0586. The monoisotopic (exact) mass is 494 g/mol. The quantitative estimate of drug-likeness (QED) is 0.502. The van der Waals surface area contributed by atoms with Gasteiger partial charge in [0.25, 0.3) is 0 Å². The van der Waals surface area contributed by atoms with Gasteiger partial charge in [-0.3, -0.25) is 9.99 Å². The van der Waals surface area contributed by atoms with Crippen LogP contribution >= 0.6 is 34.8 Å². The van der Waals surface area contributed by atoms with E-state index in [4.69, 9.17) is 34.8 Å². The first-order valence-electron chi connectivity index (χ1n) is 9.29. The molecule has 0 radical (unpaired) electrons. The van der Waals surface area contributed by atoms with Gasteiger partial charge in [-0.1, -0.05) is 46.9 Å². The first kappa shape index (κ1) is 22.0. The van der Waals surface area contributed by atoms with Crippen LogP contribution in [0.2, 0.25) is 15.1 Å². The van der Waals surface area contributed by atoms with E-state index in [0.29, 0.717) is 32.9 Å². The van der Waals surface area contributed by atoms with Gasteiger partial charge in [0.15, 0.2) is 0 Å². The van der Waals surface area contributed by atoms with Crippen LogP contribution < -0.4 is 9.73 Å². The number of hydrazone groups is 1. The summed E-state index contributed by atoms with van der Waals surface area (Å²) in [5, 5.41) is 8.06. The van der Waals surface area contributed by atoms with Crippen molar-refractivity contribution < 1.29 is 8.42 Å². The first-order valence-corrected chi connectivity index (χ1v) is 11.9. The molecule has 160 valence electrons. The van der Waals surface area contributed by atoms with Crippen molar-refractivity contribution >= 4 is 56.2 Å². The molecule has 1 aromatic heterocycles. The Morgan fingerprint density at radius 2 is 1.77 bits per heavy atom. The number of aromatic nitrogens is 1. The molecule has 0 saturated heterocycles. The highest BCUT2D eigenvalue weighted by Gasteiger charge is 2.31. The normalized spacial score (nSPS) is 16.4. The van der Waals surface area contributed by atoms with Crippen molar-refractivity contribution in [3.05, 3.63) is 87.6 Å². The molecular formula is C21H17Cl3N4O2S. The van der Waals surface area contributed by atoms with Gasteiger partial charge in [0.05, 0.1) is 29.0 Å². The maximum absolute atomic E-state index is 12.6. The second-order valence-electron chi connectivity index (χ2n) is 6.89. The minimum atomic E-state index is -3.70. The highest BCUT2D eigenvalue weighted by Crippen LogP contribution is 2.39. The SMILES string of the molecule is O=S(=O)(NCC1=NN(c2ccc(Cl)cc2Cl)[C@@H](c2ccc(Cl)cc2)C1)c1cccnc1. The molecule has 4 rings (SSSR count). The summed E-state index contributed by atoms with van der Waals surface area (Å²) in [5.74, 6) is 0. The van der Waals surface area contributed by atoms with E-state index in [1.165, 1.54) is 18.5 Å². The van der Waals surface area contributed by atoms with Crippen molar-refractivity contribution in [2.75, 3.05) is 11.6 Å². The largest absolute Gasteiger partial charge is 0.263 e. The number of nitrogens with zero attached hydrogens (tertiary/aromatic N) is 3. The van der Waals surface area contributed by atoms with Gasteiger partial charge in [0.2, 0.25) is 10.0 Å². The molecule has 0 unspecified atom stereocenters. The van der Waals surface area contributed by atoms with Gasteiger partial charge in [-0.15, -0.1) is 0 Å². The topological polar surface area (TPSA) is 74.7 Å². The third-order valence-corrected chi connectivity index (χ3v) is 6.97. The Morgan fingerprint density at radius 3 is 2.45 bits per heavy atom. The molecule has 31 heavy (non-hydrogen) atoms. The Kier molecular flexibility index (Phi) is 6.50. The number of rotatable bonds is 6. The number of anilines is 1. The van der Waals surface area contributed by atoms with Crippen LogP contribution in [-0.2, 0) is 10.0 Å². The highest BCUT2D eigenvalue weighted by atomic mass is 35.5. The predicted octanol–water partition coefficient (Wildman–Crippen LogP) is 5.33. The van der Waals surface area contributed by atoms with Crippen molar-refractivity contribution in [1.29, 1.82) is 0 Å². The van der Waals surface area contributed by atoms with Crippen LogP contribution in [0.4, 0.5) is 5.69 Å². The van der Waals surface area contributed by atoms with E-state index >= 15 is 0 Å². The fourth-order valence-electron chi connectivity index (χ4n) is 3.28. The Morgan fingerprint density at radius 1 is 1.03 bits per heavy atom. The lowest BCUT2D eigenvalue weighted by molar-refractivity contribution is 0.585. The Hall–Kier alpha value is -2.16. The van der Waals surface area contributed by atoms with Crippen LogP contribution in [0.15, 0.2) is 77.0 Å². The molecule has 1 aliphatic heterocycles. The van der Waals surface area contributed by atoms with Gasteiger partial charge in [-0.2, -0.15) is 5.10 Å². The number of hydrogen-bond donors (Lipinski definition) is 1. The van der Waals surface area contributed by atoms with Crippen molar-refractivity contribution in [3.63, 3.8) is 0 Å². The van der Waals surface area contributed by atoms with Gasteiger partial charge >= 0.3 is 0 Å². The average Bonchev–Trinajstić information content (AvgIpc) is 3.17. The summed E-state index contributed by atoms with van der Waals surface area (Å²) in [5.41, 5.74) is 2.32. The zero-order chi connectivity index (χ0) is 22.0. The molecule has 3 aromatic rings. The first-order chi connectivity index (χ1) is 14.8. The van der Waals surface area contributed by atoms with Gasteiger partial charge in [0, 0.05) is 28.9 Å². The van der Waals surface area contributed by atoms with Crippen LogP contribution in [0.3, 0.4) is 0 Å². The van der Waals surface area contributed by atoms with Crippen molar-refractivity contribution in [3.8, 4) is 0 Å². The summed E-state index contributed by atoms with van der Waals surface area (Å²) in [7, 11) is -3.70. The lowest BCUT2D eigenvalue weighted by Crippen LogP contribution is -2.29. The van der Waals surface area contributed by atoms with Gasteiger partial charge < -0.3 is 0 Å². The molecule has 0 bridgehead atoms. The molecule has 1 aliphatic rings. The van der Waals surface area contributed by atoms with Crippen LogP contribution in [-0.4, -0.2) is 25.7 Å². The van der Waals surface area contributed by atoms with Crippen LogP contribution in [0.5, 0.6) is 0 Å². The number of sulfonamides is 1. The number of pyridine rings is 1. The molecule has 1 N–H and O–H groups in total. The van der Waals surface area contributed by atoms with Crippen LogP contribution in [0.1, 0.15) is 18.0 Å². The minimum Gasteiger partial charge on any atom is -0.263 e. The zero-order valence-corrected chi connectivity index (χ0v) is 19.1. The van der Waals surface area contributed by atoms with E-state index in [-0.39, 0.29) is 17.5 Å². The Bertz CT molecular complexity index is 1220. The van der Waals surface area contributed by atoms with Crippen LogP contribution in [0.25, 0.3) is 0 Å². The molecule has 2 heterocycles. The predicted molar refractivity (Wildman–Crippen MR) is 125 cm³/mol. The number of halogens is 3. The van der Waals surface area contributed by atoms with E-state index in [2.05, 4.69) is 14.8 Å². The molecule has 6 nitrogen and oxygen atoms in total.